The average molecular weight is 208 g/mol. The number of hydrogen-bond donors (Lipinski definition) is 1. The molecule has 0 unspecified atom stereocenters. The number of benzene rings is 1. The molecule has 14 heavy (non-hydrogen) atoms. The quantitative estimate of drug-likeness (QED) is 0.777. The van der Waals surface area contributed by atoms with Crippen LogP contribution in [-0.4, -0.2) is 20.7 Å². The monoisotopic (exact) mass is 208 g/mol. The molecule has 0 aliphatic rings. The fourth-order valence-corrected chi connectivity index (χ4v) is 0.989. The minimum Gasteiger partial charge on any atom is -0.478 e. The first-order valence-electron chi connectivity index (χ1n) is 3.80. The third kappa shape index (κ3) is 3.77. The van der Waals surface area contributed by atoms with E-state index < -0.39 is 5.97 Å². The molecule has 2 rings (SSSR count). The minimum absolute atomic E-state index is 0.331. The zero-order valence-electron chi connectivity index (χ0n) is 7.20. The number of hydrogen-bond acceptors (Lipinski definition) is 4. The molecule has 0 amide bonds. The molecule has 72 valence electrons. The molecule has 0 spiro atoms. The van der Waals surface area contributed by atoms with Gasteiger partial charge in [-0.2, -0.15) is 0 Å². The summed E-state index contributed by atoms with van der Waals surface area (Å²) in [4.78, 5) is 10.2. The fourth-order valence-electron chi connectivity index (χ4n) is 0.717. The highest BCUT2D eigenvalue weighted by Crippen LogP contribution is 1.96. The molecule has 0 aliphatic carbocycles. The van der Waals surface area contributed by atoms with E-state index in [4.69, 9.17) is 5.11 Å². The zero-order valence-corrected chi connectivity index (χ0v) is 8.02. The van der Waals surface area contributed by atoms with Crippen molar-refractivity contribution in [1.29, 1.82) is 0 Å². The van der Waals surface area contributed by atoms with E-state index in [0.717, 1.165) is 0 Å². The average Bonchev–Trinajstić information content (AvgIpc) is 2.77. The molecular formula is C9H8N2O2S. The van der Waals surface area contributed by atoms with Gasteiger partial charge in [-0.3, -0.25) is 0 Å². The first kappa shape index (κ1) is 10.3. The molecule has 2 aromatic rings. The van der Waals surface area contributed by atoms with Crippen LogP contribution in [0, 0.1) is 0 Å². The summed E-state index contributed by atoms with van der Waals surface area (Å²) in [6, 6.07) is 8.30. The van der Waals surface area contributed by atoms with Crippen molar-refractivity contribution in [1.82, 2.24) is 9.59 Å². The third-order valence-corrected chi connectivity index (χ3v) is 1.74. The summed E-state index contributed by atoms with van der Waals surface area (Å²) >= 11 is 1.35. The van der Waals surface area contributed by atoms with E-state index in [-0.39, 0.29) is 0 Å². The lowest BCUT2D eigenvalue weighted by molar-refractivity contribution is 0.0697. The standard InChI is InChI=1S/C7H6O2.C2H2N2S/c8-7(9)6-4-2-1-3-5-6;1-2-5-4-3-1/h1-5H,(H,8,9);1-2H. The fraction of sp³-hybridized carbons (Fsp3) is 0. The van der Waals surface area contributed by atoms with Crippen molar-refractivity contribution in [3.05, 3.63) is 47.5 Å². The summed E-state index contributed by atoms with van der Waals surface area (Å²) < 4.78 is 3.51. The lowest BCUT2D eigenvalue weighted by Crippen LogP contribution is -1.93. The molecule has 5 heteroatoms. The number of rotatable bonds is 1. The Kier molecular flexibility index (Phi) is 4.30. The van der Waals surface area contributed by atoms with Crippen molar-refractivity contribution in [2.75, 3.05) is 0 Å². The van der Waals surface area contributed by atoms with Crippen LogP contribution in [0.2, 0.25) is 0 Å². The van der Waals surface area contributed by atoms with Gasteiger partial charge in [0.25, 0.3) is 0 Å². The number of nitrogens with zero attached hydrogens (tertiary/aromatic N) is 2. The maximum Gasteiger partial charge on any atom is 0.335 e. The molecule has 1 aromatic heterocycles. The van der Waals surface area contributed by atoms with Gasteiger partial charge in [0.2, 0.25) is 0 Å². The largest absolute Gasteiger partial charge is 0.478 e. The number of carbonyl (C=O) groups is 1. The van der Waals surface area contributed by atoms with Crippen LogP contribution in [0.15, 0.2) is 41.9 Å². The second-order valence-electron chi connectivity index (χ2n) is 2.26. The lowest BCUT2D eigenvalue weighted by atomic mass is 10.2. The summed E-state index contributed by atoms with van der Waals surface area (Å²) in [5.41, 5.74) is 0.331. The molecule has 0 radical (unpaired) electrons. The van der Waals surface area contributed by atoms with Crippen LogP contribution >= 0.6 is 11.5 Å². The van der Waals surface area contributed by atoms with Crippen molar-refractivity contribution >= 4 is 17.5 Å². The van der Waals surface area contributed by atoms with E-state index in [1.165, 1.54) is 11.5 Å². The van der Waals surface area contributed by atoms with Crippen molar-refractivity contribution in [2.45, 2.75) is 0 Å². The summed E-state index contributed by atoms with van der Waals surface area (Å²) in [5.74, 6) is -0.879. The Labute approximate surface area is 85.0 Å². The molecule has 0 saturated carbocycles. The number of aromatic carboxylic acids is 1. The second kappa shape index (κ2) is 5.82. The van der Waals surface area contributed by atoms with Gasteiger partial charge in [0.05, 0.1) is 11.8 Å². The molecule has 1 aromatic carbocycles. The van der Waals surface area contributed by atoms with Crippen molar-refractivity contribution < 1.29 is 9.90 Å². The molecule has 0 fully saturated rings. The molecule has 0 saturated heterocycles. The molecule has 0 bridgehead atoms. The van der Waals surface area contributed by atoms with Gasteiger partial charge in [0.15, 0.2) is 0 Å². The van der Waals surface area contributed by atoms with Gasteiger partial charge in [-0.25, -0.2) is 4.79 Å². The van der Waals surface area contributed by atoms with Crippen LogP contribution < -0.4 is 0 Å². The number of aromatic nitrogens is 2. The van der Waals surface area contributed by atoms with Gasteiger partial charge in [-0.05, 0) is 23.7 Å². The Hall–Kier alpha value is -1.75. The van der Waals surface area contributed by atoms with Crippen LogP contribution in [0.25, 0.3) is 0 Å². The highest BCUT2D eigenvalue weighted by Gasteiger charge is 1.96. The third-order valence-electron chi connectivity index (χ3n) is 1.30. The van der Waals surface area contributed by atoms with E-state index in [1.54, 1.807) is 36.5 Å². The highest BCUT2D eigenvalue weighted by molar-refractivity contribution is 7.03. The van der Waals surface area contributed by atoms with Crippen LogP contribution in [0.3, 0.4) is 0 Å². The Morgan fingerprint density at radius 1 is 1.29 bits per heavy atom. The molecule has 4 nitrogen and oxygen atoms in total. The van der Waals surface area contributed by atoms with Crippen molar-refractivity contribution in [2.24, 2.45) is 0 Å². The lowest BCUT2D eigenvalue weighted by Gasteiger charge is -1.88. The van der Waals surface area contributed by atoms with E-state index in [2.05, 4.69) is 9.59 Å². The molecule has 0 atom stereocenters. The van der Waals surface area contributed by atoms with E-state index in [0.29, 0.717) is 5.56 Å². The van der Waals surface area contributed by atoms with Crippen molar-refractivity contribution in [3.8, 4) is 0 Å². The first-order valence-corrected chi connectivity index (χ1v) is 4.63. The maximum absolute atomic E-state index is 10.2. The van der Waals surface area contributed by atoms with E-state index in [1.807, 2.05) is 5.38 Å². The van der Waals surface area contributed by atoms with Gasteiger partial charge < -0.3 is 5.11 Å². The van der Waals surface area contributed by atoms with Crippen LogP contribution in [-0.2, 0) is 0 Å². The Balaban J connectivity index is 0.000000165. The number of carboxylic acid groups (broad SMARTS) is 1. The molecular weight excluding hydrogens is 200 g/mol. The van der Waals surface area contributed by atoms with Gasteiger partial charge in [-0.15, -0.1) is 5.10 Å². The van der Waals surface area contributed by atoms with Crippen LogP contribution in [0.5, 0.6) is 0 Å². The van der Waals surface area contributed by atoms with E-state index >= 15 is 0 Å². The Bertz CT molecular complexity index is 344. The van der Waals surface area contributed by atoms with Crippen LogP contribution in [0.4, 0.5) is 0 Å². The summed E-state index contributed by atoms with van der Waals surface area (Å²) in [5, 5.41) is 13.7. The smallest absolute Gasteiger partial charge is 0.335 e. The zero-order chi connectivity index (χ0) is 10.2. The maximum atomic E-state index is 10.2. The first-order chi connectivity index (χ1) is 6.80. The van der Waals surface area contributed by atoms with Gasteiger partial charge >= 0.3 is 5.97 Å². The summed E-state index contributed by atoms with van der Waals surface area (Å²) in [6.45, 7) is 0. The Morgan fingerprint density at radius 3 is 2.29 bits per heavy atom. The summed E-state index contributed by atoms with van der Waals surface area (Å²) in [6.07, 6.45) is 1.66. The van der Waals surface area contributed by atoms with Crippen LogP contribution in [0.1, 0.15) is 10.4 Å². The topological polar surface area (TPSA) is 63.1 Å². The molecule has 1 heterocycles. The van der Waals surface area contributed by atoms with Gasteiger partial charge in [0.1, 0.15) is 0 Å². The van der Waals surface area contributed by atoms with E-state index in [9.17, 15) is 4.79 Å². The second-order valence-corrected chi connectivity index (χ2v) is 2.91. The minimum atomic E-state index is -0.879. The van der Waals surface area contributed by atoms with Gasteiger partial charge in [0, 0.05) is 5.38 Å². The summed E-state index contributed by atoms with van der Waals surface area (Å²) in [7, 11) is 0. The van der Waals surface area contributed by atoms with Gasteiger partial charge in [-0.1, -0.05) is 22.7 Å². The Morgan fingerprint density at radius 2 is 2.00 bits per heavy atom. The van der Waals surface area contributed by atoms with Crippen molar-refractivity contribution in [3.63, 3.8) is 0 Å². The predicted molar refractivity (Wildman–Crippen MR) is 53.3 cm³/mol. The predicted octanol–water partition coefficient (Wildman–Crippen LogP) is 1.92. The number of carboxylic acids is 1. The highest BCUT2D eigenvalue weighted by atomic mass is 32.1. The normalized spacial score (nSPS) is 8.57. The SMILES string of the molecule is O=C(O)c1ccccc1.c1csnn1. The molecule has 0 aliphatic heterocycles. The molecule has 1 N–H and O–H groups in total.